The minimum Gasteiger partial charge on any atom is -0.504 e. The number of aromatic hydroxyl groups is 2. The Morgan fingerprint density at radius 2 is 1.76 bits per heavy atom. The van der Waals surface area contributed by atoms with E-state index in [-0.39, 0.29) is 17.2 Å². The van der Waals surface area contributed by atoms with E-state index in [9.17, 15) is 30.2 Å². The Hall–Kier alpha value is -3.33. The van der Waals surface area contributed by atoms with Crippen LogP contribution in [0.25, 0.3) is 0 Å². The zero-order valence-corrected chi connectivity index (χ0v) is 13.2. The average Bonchev–Trinajstić information content (AvgIpc) is 2.57. The number of nitrogens with one attached hydrogen (secondary N) is 2. The largest absolute Gasteiger partial charge is 0.504 e. The minimum atomic E-state index is -1.12. The van der Waals surface area contributed by atoms with E-state index in [0.29, 0.717) is 11.3 Å². The standard InChI is InChI=1S/C16H17N3O6/c1-9(15(22)10-2-7-13(20)14(21)8-10)17-16(23)18-11-3-5-12(6-4-11)19(24)25/h2-9,15,20-22H,1H3,(H2,17,18,23). The zero-order valence-electron chi connectivity index (χ0n) is 13.2. The van der Waals surface area contributed by atoms with Crippen LogP contribution in [0, 0.1) is 10.1 Å². The molecule has 0 aliphatic heterocycles. The molecular formula is C16H17N3O6. The quantitative estimate of drug-likeness (QED) is 0.319. The summed E-state index contributed by atoms with van der Waals surface area (Å²) in [6.45, 7) is 1.56. The third kappa shape index (κ3) is 4.58. The maximum absolute atomic E-state index is 11.9. The lowest BCUT2D eigenvalue weighted by Gasteiger charge is -2.21. The highest BCUT2D eigenvalue weighted by Gasteiger charge is 2.19. The number of non-ortho nitro benzene ring substituents is 1. The van der Waals surface area contributed by atoms with E-state index in [1.165, 1.54) is 42.5 Å². The number of benzene rings is 2. The number of phenolic OH excluding ortho intramolecular Hbond substituents is 2. The molecule has 0 aliphatic carbocycles. The smallest absolute Gasteiger partial charge is 0.319 e. The number of aliphatic hydroxyl groups excluding tert-OH is 1. The molecule has 5 N–H and O–H groups in total. The summed E-state index contributed by atoms with van der Waals surface area (Å²) in [5.41, 5.74) is 0.576. The Kier molecular flexibility index (Phi) is 5.40. The molecule has 9 heteroatoms. The number of amides is 2. The molecule has 0 saturated carbocycles. The second kappa shape index (κ2) is 7.49. The number of hydrogen-bond acceptors (Lipinski definition) is 6. The molecule has 2 aromatic rings. The first-order valence-electron chi connectivity index (χ1n) is 7.30. The second-order valence-electron chi connectivity index (χ2n) is 5.38. The van der Waals surface area contributed by atoms with Gasteiger partial charge in [0.25, 0.3) is 5.69 Å². The second-order valence-corrected chi connectivity index (χ2v) is 5.38. The van der Waals surface area contributed by atoms with Gasteiger partial charge in [-0.3, -0.25) is 10.1 Å². The van der Waals surface area contributed by atoms with E-state index >= 15 is 0 Å². The first-order valence-corrected chi connectivity index (χ1v) is 7.30. The number of nitrogens with zero attached hydrogens (tertiary/aromatic N) is 1. The predicted molar refractivity (Wildman–Crippen MR) is 89.4 cm³/mol. The van der Waals surface area contributed by atoms with Crippen LogP contribution in [0.3, 0.4) is 0 Å². The molecule has 0 aromatic heterocycles. The van der Waals surface area contributed by atoms with Crippen molar-refractivity contribution in [1.82, 2.24) is 5.32 Å². The van der Waals surface area contributed by atoms with Gasteiger partial charge < -0.3 is 26.0 Å². The van der Waals surface area contributed by atoms with E-state index in [1.54, 1.807) is 6.92 Å². The minimum absolute atomic E-state index is 0.0955. The third-order valence-electron chi connectivity index (χ3n) is 3.51. The molecule has 0 bridgehead atoms. The van der Waals surface area contributed by atoms with Gasteiger partial charge in [-0.1, -0.05) is 6.07 Å². The zero-order chi connectivity index (χ0) is 18.6. The molecule has 0 spiro atoms. The van der Waals surface area contributed by atoms with Crippen LogP contribution in [0.1, 0.15) is 18.6 Å². The highest BCUT2D eigenvalue weighted by atomic mass is 16.6. The number of phenols is 2. The van der Waals surface area contributed by atoms with Crippen LogP contribution in [0.5, 0.6) is 11.5 Å². The average molecular weight is 347 g/mol. The van der Waals surface area contributed by atoms with E-state index in [1.807, 2.05) is 0 Å². The molecule has 132 valence electrons. The third-order valence-corrected chi connectivity index (χ3v) is 3.51. The fourth-order valence-electron chi connectivity index (χ4n) is 2.13. The fraction of sp³-hybridized carbons (Fsp3) is 0.188. The van der Waals surface area contributed by atoms with Crippen molar-refractivity contribution in [2.45, 2.75) is 19.1 Å². The van der Waals surface area contributed by atoms with Crippen molar-refractivity contribution in [1.29, 1.82) is 0 Å². The molecule has 2 amide bonds. The number of rotatable bonds is 5. The number of aliphatic hydroxyl groups is 1. The summed E-state index contributed by atoms with van der Waals surface area (Å²) < 4.78 is 0. The maximum Gasteiger partial charge on any atom is 0.319 e. The van der Waals surface area contributed by atoms with Crippen molar-refractivity contribution in [2.24, 2.45) is 0 Å². The summed E-state index contributed by atoms with van der Waals surface area (Å²) in [6, 6.07) is 7.83. The molecule has 0 saturated heterocycles. The predicted octanol–water partition coefficient (Wildman–Crippen LogP) is 2.25. The number of anilines is 1. The van der Waals surface area contributed by atoms with E-state index in [4.69, 9.17) is 0 Å². The van der Waals surface area contributed by atoms with Crippen LogP contribution in [0.2, 0.25) is 0 Å². The van der Waals surface area contributed by atoms with E-state index < -0.39 is 23.1 Å². The molecule has 0 fully saturated rings. The van der Waals surface area contributed by atoms with E-state index in [0.717, 1.165) is 0 Å². The van der Waals surface area contributed by atoms with Gasteiger partial charge >= 0.3 is 6.03 Å². The summed E-state index contributed by atoms with van der Waals surface area (Å²) in [4.78, 5) is 22.0. The Labute approximate surface area is 142 Å². The topological polar surface area (TPSA) is 145 Å². The molecule has 2 aromatic carbocycles. The van der Waals surface area contributed by atoms with Crippen molar-refractivity contribution in [3.8, 4) is 11.5 Å². The first kappa shape index (κ1) is 18.0. The Morgan fingerprint density at radius 3 is 2.32 bits per heavy atom. The number of nitro groups is 1. The van der Waals surface area contributed by atoms with Gasteiger partial charge in [0.05, 0.1) is 17.1 Å². The van der Waals surface area contributed by atoms with Crippen LogP contribution in [-0.4, -0.2) is 32.3 Å². The molecule has 2 unspecified atom stereocenters. The van der Waals surface area contributed by atoms with Gasteiger partial charge in [0.15, 0.2) is 11.5 Å². The summed E-state index contributed by atoms with van der Waals surface area (Å²) in [5.74, 6) is -0.688. The highest BCUT2D eigenvalue weighted by molar-refractivity contribution is 5.89. The van der Waals surface area contributed by atoms with Gasteiger partial charge in [-0.05, 0) is 36.8 Å². The molecule has 25 heavy (non-hydrogen) atoms. The molecular weight excluding hydrogens is 330 g/mol. The molecule has 0 aliphatic rings. The van der Waals surface area contributed by atoms with Gasteiger partial charge in [0.1, 0.15) is 0 Å². The fourth-order valence-corrected chi connectivity index (χ4v) is 2.13. The summed E-state index contributed by atoms with van der Waals surface area (Å²) in [5, 5.41) is 44.5. The molecule has 2 atom stereocenters. The van der Waals surface area contributed by atoms with Gasteiger partial charge in [-0.2, -0.15) is 0 Å². The normalized spacial score (nSPS) is 12.9. The Balaban J connectivity index is 1.96. The van der Waals surface area contributed by atoms with Crippen molar-refractivity contribution in [2.75, 3.05) is 5.32 Å². The molecule has 9 nitrogen and oxygen atoms in total. The molecule has 2 rings (SSSR count). The van der Waals surface area contributed by atoms with Crippen LogP contribution in [0.4, 0.5) is 16.2 Å². The Morgan fingerprint density at radius 1 is 1.12 bits per heavy atom. The number of carbonyl (C=O) groups excluding carboxylic acids is 1. The summed E-state index contributed by atoms with van der Waals surface area (Å²) >= 11 is 0. The lowest BCUT2D eigenvalue weighted by atomic mass is 10.0. The van der Waals surface area contributed by atoms with Crippen LogP contribution in [0.15, 0.2) is 42.5 Å². The lowest BCUT2D eigenvalue weighted by molar-refractivity contribution is -0.384. The number of hydrogen-bond donors (Lipinski definition) is 5. The number of carbonyl (C=O) groups is 1. The van der Waals surface area contributed by atoms with Gasteiger partial charge in [0.2, 0.25) is 0 Å². The number of urea groups is 1. The maximum atomic E-state index is 11.9. The van der Waals surface area contributed by atoms with Crippen LogP contribution < -0.4 is 10.6 Å². The molecule has 0 heterocycles. The summed E-state index contributed by atoms with van der Waals surface area (Å²) in [7, 11) is 0. The van der Waals surface area contributed by atoms with E-state index in [2.05, 4.69) is 10.6 Å². The SMILES string of the molecule is CC(NC(=O)Nc1ccc([N+](=O)[O-])cc1)C(O)c1ccc(O)c(O)c1. The van der Waals surface area contributed by atoms with Crippen LogP contribution in [-0.2, 0) is 0 Å². The highest BCUT2D eigenvalue weighted by Crippen LogP contribution is 2.28. The van der Waals surface area contributed by atoms with Crippen molar-refractivity contribution in [3.63, 3.8) is 0 Å². The van der Waals surface area contributed by atoms with Gasteiger partial charge in [0, 0.05) is 17.8 Å². The van der Waals surface area contributed by atoms with Crippen molar-refractivity contribution >= 4 is 17.4 Å². The monoisotopic (exact) mass is 347 g/mol. The lowest BCUT2D eigenvalue weighted by Crippen LogP contribution is -2.39. The van der Waals surface area contributed by atoms with Crippen LogP contribution >= 0.6 is 0 Å². The van der Waals surface area contributed by atoms with Gasteiger partial charge in [-0.25, -0.2) is 4.79 Å². The summed E-state index contributed by atoms with van der Waals surface area (Å²) in [6.07, 6.45) is -1.12. The molecule has 0 radical (unpaired) electrons. The number of nitro benzene ring substituents is 1. The van der Waals surface area contributed by atoms with Gasteiger partial charge in [-0.15, -0.1) is 0 Å². The first-order chi connectivity index (χ1) is 11.8. The Bertz CT molecular complexity index is 778. The van der Waals surface area contributed by atoms with Crippen molar-refractivity contribution in [3.05, 3.63) is 58.1 Å². The van der Waals surface area contributed by atoms with Crippen molar-refractivity contribution < 1.29 is 25.0 Å².